The third-order valence-electron chi connectivity index (χ3n) is 4.49. The monoisotopic (exact) mass is 390 g/mol. The Labute approximate surface area is 166 Å². The van der Waals surface area contributed by atoms with Crippen molar-refractivity contribution in [3.05, 3.63) is 99.4 Å². The first-order chi connectivity index (χ1) is 13.5. The summed E-state index contributed by atoms with van der Waals surface area (Å²) in [6, 6.07) is 21.2. The van der Waals surface area contributed by atoms with Crippen molar-refractivity contribution in [3.8, 4) is 16.9 Å². The van der Waals surface area contributed by atoms with Crippen LogP contribution in [0.25, 0.3) is 22.1 Å². The van der Waals surface area contributed by atoms with Crippen molar-refractivity contribution in [2.75, 3.05) is 0 Å². The Hall–Kier alpha value is -3.37. The number of hydrogen-bond acceptors (Lipinski definition) is 4. The fourth-order valence-corrected chi connectivity index (χ4v) is 3.30. The second kappa shape index (κ2) is 7.33. The highest BCUT2D eigenvalue weighted by Crippen LogP contribution is 2.33. The summed E-state index contributed by atoms with van der Waals surface area (Å²) >= 11 is 6.07. The maximum Gasteiger partial charge on any atom is 0.345 e. The second-order valence-electron chi connectivity index (χ2n) is 6.28. The van der Waals surface area contributed by atoms with Crippen molar-refractivity contribution in [3.63, 3.8) is 0 Å². The van der Waals surface area contributed by atoms with Gasteiger partial charge < -0.3 is 9.15 Å². The third-order valence-corrected chi connectivity index (χ3v) is 4.82. The van der Waals surface area contributed by atoms with E-state index in [4.69, 9.17) is 20.8 Å². The van der Waals surface area contributed by atoms with E-state index in [2.05, 4.69) is 0 Å². The molecule has 28 heavy (non-hydrogen) atoms. The SMILES string of the molecule is Cc1c(OC(=O)c2ccccc2Cl)ccc2c(-c3ccccc3)cc(=O)oc12. The molecule has 0 fully saturated rings. The minimum Gasteiger partial charge on any atom is -0.422 e. The summed E-state index contributed by atoms with van der Waals surface area (Å²) in [5.41, 5.74) is 2.41. The Morgan fingerprint density at radius 1 is 0.964 bits per heavy atom. The number of benzene rings is 3. The van der Waals surface area contributed by atoms with E-state index in [1.807, 2.05) is 30.3 Å². The molecule has 0 aliphatic rings. The molecule has 0 aliphatic heterocycles. The molecule has 138 valence electrons. The van der Waals surface area contributed by atoms with Crippen LogP contribution in [0.2, 0.25) is 5.02 Å². The Morgan fingerprint density at radius 3 is 2.43 bits per heavy atom. The molecule has 3 aromatic carbocycles. The van der Waals surface area contributed by atoms with E-state index in [9.17, 15) is 9.59 Å². The van der Waals surface area contributed by atoms with E-state index >= 15 is 0 Å². The number of carbonyl (C=O) groups is 1. The molecule has 4 rings (SSSR count). The molecule has 5 heteroatoms. The first kappa shape index (κ1) is 18.0. The Balaban J connectivity index is 1.81. The summed E-state index contributed by atoms with van der Waals surface area (Å²) in [6.45, 7) is 1.75. The second-order valence-corrected chi connectivity index (χ2v) is 6.69. The number of carbonyl (C=O) groups excluding carboxylic acids is 1. The van der Waals surface area contributed by atoms with Gasteiger partial charge in [0.1, 0.15) is 11.3 Å². The van der Waals surface area contributed by atoms with Crippen LogP contribution in [0.5, 0.6) is 5.75 Å². The molecule has 0 unspecified atom stereocenters. The van der Waals surface area contributed by atoms with Gasteiger partial charge in [0, 0.05) is 17.0 Å². The predicted octanol–water partition coefficient (Wildman–Crippen LogP) is 5.64. The fourth-order valence-electron chi connectivity index (χ4n) is 3.09. The molecule has 0 aliphatic carbocycles. The van der Waals surface area contributed by atoms with Crippen molar-refractivity contribution in [1.29, 1.82) is 0 Å². The van der Waals surface area contributed by atoms with E-state index in [1.54, 1.807) is 43.3 Å². The Morgan fingerprint density at radius 2 is 1.68 bits per heavy atom. The van der Waals surface area contributed by atoms with Gasteiger partial charge in [0.25, 0.3) is 0 Å². The number of fused-ring (bicyclic) bond motifs is 1. The molecule has 1 aromatic heterocycles. The molecular weight excluding hydrogens is 376 g/mol. The first-order valence-corrected chi connectivity index (χ1v) is 9.02. The Kier molecular flexibility index (Phi) is 4.72. The third kappa shape index (κ3) is 3.30. The van der Waals surface area contributed by atoms with Gasteiger partial charge in [-0.3, -0.25) is 0 Å². The summed E-state index contributed by atoms with van der Waals surface area (Å²) in [7, 11) is 0. The summed E-state index contributed by atoms with van der Waals surface area (Å²) in [5.74, 6) is -0.264. The van der Waals surface area contributed by atoms with E-state index < -0.39 is 11.6 Å². The lowest BCUT2D eigenvalue weighted by Crippen LogP contribution is -2.10. The van der Waals surface area contributed by atoms with Crippen LogP contribution >= 0.6 is 11.6 Å². The van der Waals surface area contributed by atoms with Crippen molar-refractivity contribution in [1.82, 2.24) is 0 Å². The van der Waals surface area contributed by atoms with Gasteiger partial charge in [-0.25, -0.2) is 9.59 Å². The largest absolute Gasteiger partial charge is 0.422 e. The quantitative estimate of drug-likeness (QED) is 0.258. The van der Waals surface area contributed by atoms with Crippen molar-refractivity contribution in [2.24, 2.45) is 0 Å². The number of aryl methyl sites for hydroxylation is 1. The molecule has 0 saturated heterocycles. The van der Waals surface area contributed by atoms with Gasteiger partial charge in [-0.1, -0.05) is 54.1 Å². The highest BCUT2D eigenvalue weighted by atomic mass is 35.5. The van der Waals surface area contributed by atoms with Crippen LogP contribution in [-0.4, -0.2) is 5.97 Å². The zero-order chi connectivity index (χ0) is 19.7. The minimum atomic E-state index is -0.574. The zero-order valence-corrected chi connectivity index (χ0v) is 15.7. The van der Waals surface area contributed by atoms with Crippen LogP contribution in [0.3, 0.4) is 0 Å². The summed E-state index contributed by atoms with van der Waals surface area (Å²) in [5, 5.41) is 1.07. The molecule has 0 spiro atoms. The van der Waals surface area contributed by atoms with Crippen LogP contribution in [-0.2, 0) is 0 Å². The van der Waals surface area contributed by atoms with E-state index in [1.165, 1.54) is 6.07 Å². The minimum absolute atomic E-state index is 0.267. The average Bonchev–Trinajstić information content (AvgIpc) is 2.71. The zero-order valence-electron chi connectivity index (χ0n) is 14.9. The van der Waals surface area contributed by atoms with Gasteiger partial charge in [-0.2, -0.15) is 0 Å². The highest BCUT2D eigenvalue weighted by Gasteiger charge is 2.17. The molecule has 0 atom stereocenters. The topological polar surface area (TPSA) is 56.5 Å². The van der Waals surface area contributed by atoms with Crippen LogP contribution < -0.4 is 10.4 Å². The van der Waals surface area contributed by atoms with Gasteiger partial charge in [0.05, 0.1) is 10.6 Å². The fraction of sp³-hybridized carbons (Fsp3) is 0.0435. The molecular formula is C23H15ClO4. The molecule has 0 radical (unpaired) electrons. The van der Waals surface area contributed by atoms with Gasteiger partial charge in [0.2, 0.25) is 0 Å². The predicted molar refractivity (Wildman–Crippen MR) is 109 cm³/mol. The van der Waals surface area contributed by atoms with Gasteiger partial charge >= 0.3 is 11.6 Å². The van der Waals surface area contributed by atoms with Crippen LogP contribution in [0.1, 0.15) is 15.9 Å². The molecule has 0 N–H and O–H groups in total. The number of esters is 1. The normalized spacial score (nSPS) is 10.8. The maximum absolute atomic E-state index is 12.5. The summed E-state index contributed by atoms with van der Waals surface area (Å²) in [4.78, 5) is 24.6. The number of halogens is 1. The lowest BCUT2D eigenvalue weighted by atomic mass is 10.0. The molecule has 4 nitrogen and oxygen atoms in total. The van der Waals surface area contributed by atoms with E-state index in [0.29, 0.717) is 21.9 Å². The molecule has 1 heterocycles. The molecule has 4 aromatic rings. The summed E-state index contributed by atoms with van der Waals surface area (Å²) < 4.78 is 11.0. The van der Waals surface area contributed by atoms with Crippen molar-refractivity contribution >= 4 is 28.5 Å². The molecule has 0 saturated carbocycles. The maximum atomic E-state index is 12.5. The lowest BCUT2D eigenvalue weighted by Gasteiger charge is -2.12. The molecule has 0 bridgehead atoms. The van der Waals surface area contributed by atoms with Crippen LogP contribution in [0.15, 0.2) is 82.0 Å². The van der Waals surface area contributed by atoms with Crippen molar-refractivity contribution in [2.45, 2.75) is 6.92 Å². The summed E-state index contributed by atoms with van der Waals surface area (Å²) in [6.07, 6.45) is 0. The van der Waals surface area contributed by atoms with Gasteiger partial charge in [-0.15, -0.1) is 0 Å². The average molecular weight is 391 g/mol. The number of ether oxygens (including phenoxy) is 1. The van der Waals surface area contributed by atoms with Crippen LogP contribution in [0.4, 0.5) is 0 Å². The Bertz CT molecular complexity index is 1240. The van der Waals surface area contributed by atoms with Gasteiger partial charge in [-0.05, 0) is 42.3 Å². The highest BCUT2D eigenvalue weighted by molar-refractivity contribution is 6.33. The van der Waals surface area contributed by atoms with E-state index in [-0.39, 0.29) is 5.56 Å². The standard InChI is InChI=1S/C23H15ClO4/c1-14-20(27-23(26)17-9-5-6-10-19(17)24)12-11-16-18(13-21(25)28-22(14)16)15-7-3-2-4-8-15/h2-13H,1H3. The smallest absolute Gasteiger partial charge is 0.345 e. The first-order valence-electron chi connectivity index (χ1n) is 8.64. The number of rotatable bonds is 3. The van der Waals surface area contributed by atoms with Gasteiger partial charge in [0.15, 0.2) is 0 Å². The van der Waals surface area contributed by atoms with Crippen molar-refractivity contribution < 1.29 is 13.9 Å². The van der Waals surface area contributed by atoms with E-state index in [0.717, 1.165) is 16.5 Å². The molecule has 0 amide bonds. The van der Waals surface area contributed by atoms with Crippen LogP contribution in [0, 0.1) is 6.92 Å². The lowest BCUT2D eigenvalue weighted by molar-refractivity contribution is 0.0734. The number of hydrogen-bond donors (Lipinski definition) is 0.